The van der Waals surface area contributed by atoms with Crippen molar-refractivity contribution in [3.63, 3.8) is 0 Å². The Morgan fingerprint density at radius 1 is 1.56 bits per heavy atom. The number of nitrogens with one attached hydrogen (secondary N) is 1. The van der Waals surface area contributed by atoms with E-state index in [0.29, 0.717) is 23.7 Å². The van der Waals surface area contributed by atoms with E-state index >= 15 is 0 Å². The Hall–Kier alpha value is -2.08. The number of carbonyl (C=O) groups excluding carboxylic acids is 2. The summed E-state index contributed by atoms with van der Waals surface area (Å²) in [5.74, 6) is 0.366. The Kier molecular flexibility index (Phi) is 3.47. The number of rotatable bonds is 3. The number of fused-ring (bicyclic) bond motifs is 1. The molecule has 0 saturated heterocycles. The molecule has 0 atom stereocenters. The molecule has 1 aliphatic rings. The van der Waals surface area contributed by atoms with Crippen molar-refractivity contribution in [2.45, 2.75) is 6.42 Å². The molecule has 1 aliphatic heterocycles. The summed E-state index contributed by atoms with van der Waals surface area (Å²) in [5.41, 5.74) is 6.57. The third-order valence-corrected chi connectivity index (χ3v) is 2.70. The molecule has 0 aliphatic carbocycles. The first-order valence-corrected chi connectivity index (χ1v) is 5.65. The molecule has 2 rings (SSSR count). The maximum atomic E-state index is 11.5. The minimum Gasteiger partial charge on any atom is -0.482 e. The lowest BCUT2D eigenvalue weighted by Crippen LogP contribution is -2.35. The SMILES string of the molecule is CN1C(=O)COc2ccc(NC(=O)CCN)cc21. The van der Waals surface area contributed by atoms with Gasteiger partial charge in [0.15, 0.2) is 6.61 Å². The number of amides is 2. The molecule has 18 heavy (non-hydrogen) atoms. The number of carbonyl (C=O) groups is 2. The van der Waals surface area contributed by atoms with Crippen molar-refractivity contribution in [2.24, 2.45) is 5.73 Å². The lowest BCUT2D eigenvalue weighted by atomic mass is 10.2. The second-order valence-electron chi connectivity index (χ2n) is 4.01. The molecule has 0 fully saturated rings. The van der Waals surface area contributed by atoms with Crippen molar-refractivity contribution < 1.29 is 14.3 Å². The topological polar surface area (TPSA) is 84.7 Å². The smallest absolute Gasteiger partial charge is 0.264 e. The van der Waals surface area contributed by atoms with Gasteiger partial charge in [0, 0.05) is 25.7 Å². The summed E-state index contributed by atoms with van der Waals surface area (Å²) in [6, 6.07) is 5.17. The van der Waals surface area contributed by atoms with Gasteiger partial charge in [-0.25, -0.2) is 0 Å². The highest BCUT2D eigenvalue weighted by atomic mass is 16.5. The molecule has 0 bridgehead atoms. The average Bonchev–Trinajstić information content (AvgIpc) is 2.35. The maximum absolute atomic E-state index is 11.5. The summed E-state index contributed by atoms with van der Waals surface area (Å²) in [7, 11) is 1.68. The number of ether oxygens (including phenoxy) is 1. The van der Waals surface area contributed by atoms with Crippen molar-refractivity contribution in [1.29, 1.82) is 0 Å². The Morgan fingerprint density at radius 3 is 3.06 bits per heavy atom. The summed E-state index contributed by atoms with van der Waals surface area (Å²) >= 11 is 0. The first-order chi connectivity index (χ1) is 8.61. The fourth-order valence-corrected chi connectivity index (χ4v) is 1.70. The minimum atomic E-state index is -0.150. The zero-order valence-corrected chi connectivity index (χ0v) is 10.1. The van der Waals surface area contributed by atoms with Crippen LogP contribution in [-0.2, 0) is 9.59 Å². The van der Waals surface area contributed by atoms with Crippen LogP contribution in [0.25, 0.3) is 0 Å². The highest BCUT2D eigenvalue weighted by molar-refractivity contribution is 5.99. The highest BCUT2D eigenvalue weighted by Gasteiger charge is 2.22. The zero-order valence-electron chi connectivity index (χ0n) is 10.1. The molecular weight excluding hydrogens is 234 g/mol. The lowest BCUT2D eigenvalue weighted by Gasteiger charge is -2.26. The summed E-state index contributed by atoms with van der Waals surface area (Å²) in [4.78, 5) is 24.4. The van der Waals surface area contributed by atoms with Gasteiger partial charge in [-0.3, -0.25) is 9.59 Å². The standard InChI is InChI=1S/C12H15N3O3/c1-15-9-6-8(14-11(16)4-5-13)2-3-10(9)18-7-12(15)17/h2-3,6H,4-5,7,13H2,1H3,(H,14,16). The second-order valence-corrected chi connectivity index (χ2v) is 4.01. The van der Waals surface area contributed by atoms with E-state index in [-0.39, 0.29) is 24.8 Å². The third kappa shape index (κ3) is 2.43. The van der Waals surface area contributed by atoms with E-state index in [1.54, 1.807) is 25.2 Å². The summed E-state index contributed by atoms with van der Waals surface area (Å²) in [6.07, 6.45) is 0.266. The van der Waals surface area contributed by atoms with E-state index in [1.807, 2.05) is 0 Å². The van der Waals surface area contributed by atoms with E-state index in [1.165, 1.54) is 4.90 Å². The molecule has 1 aromatic carbocycles. The molecule has 3 N–H and O–H groups in total. The highest BCUT2D eigenvalue weighted by Crippen LogP contribution is 2.33. The van der Waals surface area contributed by atoms with Gasteiger partial charge in [0.05, 0.1) is 5.69 Å². The number of hydrogen-bond donors (Lipinski definition) is 2. The summed E-state index contributed by atoms with van der Waals surface area (Å²) < 4.78 is 5.29. The number of nitrogens with zero attached hydrogens (tertiary/aromatic N) is 1. The molecule has 1 heterocycles. The predicted octanol–water partition coefficient (Wildman–Crippen LogP) is 0.329. The first-order valence-electron chi connectivity index (χ1n) is 5.65. The van der Waals surface area contributed by atoms with Crippen LogP contribution in [0, 0.1) is 0 Å². The van der Waals surface area contributed by atoms with Gasteiger partial charge < -0.3 is 20.7 Å². The summed E-state index contributed by atoms with van der Waals surface area (Å²) in [6.45, 7) is 0.348. The predicted molar refractivity (Wildman–Crippen MR) is 67.6 cm³/mol. The van der Waals surface area contributed by atoms with Gasteiger partial charge >= 0.3 is 0 Å². The van der Waals surface area contributed by atoms with E-state index < -0.39 is 0 Å². The van der Waals surface area contributed by atoms with Crippen molar-refractivity contribution >= 4 is 23.2 Å². The van der Waals surface area contributed by atoms with Crippen LogP contribution in [0.15, 0.2) is 18.2 Å². The second kappa shape index (κ2) is 5.05. The largest absolute Gasteiger partial charge is 0.482 e. The van der Waals surface area contributed by atoms with Crippen LogP contribution in [0.3, 0.4) is 0 Å². The molecule has 1 aromatic rings. The number of anilines is 2. The van der Waals surface area contributed by atoms with Crippen LogP contribution >= 0.6 is 0 Å². The number of nitrogens with two attached hydrogens (primary N) is 1. The fourth-order valence-electron chi connectivity index (χ4n) is 1.70. The molecule has 2 amide bonds. The van der Waals surface area contributed by atoms with E-state index in [2.05, 4.69) is 5.32 Å². The molecule has 96 valence electrons. The molecule has 6 heteroatoms. The van der Waals surface area contributed by atoms with Gasteiger partial charge in [-0.05, 0) is 18.2 Å². The summed E-state index contributed by atoms with van der Waals surface area (Å²) in [5, 5.41) is 2.72. The molecule has 0 aromatic heterocycles. The van der Waals surface area contributed by atoms with Crippen molar-refractivity contribution in [1.82, 2.24) is 0 Å². The molecule has 0 radical (unpaired) electrons. The Balaban J connectivity index is 2.21. The molecule has 6 nitrogen and oxygen atoms in total. The van der Waals surface area contributed by atoms with Gasteiger partial charge in [0.1, 0.15) is 5.75 Å². The average molecular weight is 249 g/mol. The maximum Gasteiger partial charge on any atom is 0.264 e. The van der Waals surface area contributed by atoms with Gasteiger partial charge in [0.2, 0.25) is 5.91 Å². The van der Waals surface area contributed by atoms with Crippen molar-refractivity contribution in [3.05, 3.63) is 18.2 Å². The van der Waals surface area contributed by atoms with Crippen LogP contribution < -0.4 is 20.7 Å². The van der Waals surface area contributed by atoms with Crippen LogP contribution in [-0.4, -0.2) is 32.0 Å². The van der Waals surface area contributed by atoms with E-state index in [4.69, 9.17) is 10.5 Å². The Bertz CT molecular complexity index is 487. The van der Waals surface area contributed by atoms with Crippen LogP contribution in [0.4, 0.5) is 11.4 Å². The third-order valence-electron chi connectivity index (χ3n) is 2.70. The van der Waals surface area contributed by atoms with Gasteiger partial charge in [-0.1, -0.05) is 0 Å². The normalized spacial score (nSPS) is 13.9. The quantitative estimate of drug-likeness (QED) is 0.808. The molecular formula is C12H15N3O3. The number of likely N-dealkylation sites (N-methyl/N-ethyl adjacent to an activating group) is 1. The van der Waals surface area contributed by atoms with Crippen LogP contribution in [0.5, 0.6) is 5.75 Å². The van der Waals surface area contributed by atoms with Crippen LogP contribution in [0.2, 0.25) is 0 Å². The van der Waals surface area contributed by atoms with Gasteiger partial charge in [-0.15, -0.1) is 0 Å². The monoisotopic (exact) mass is 249 g/mol. The van der Waals surface area contributed by atoms with Crippen molar-refractivity contribution in [3.8, 4) is 5.75 Å². The lowest BCUT2D eigenvalue weighted by molar-refractivity contribution is -0.121. The zero-order chi connectivity index (χ0) is 13.1. The first kappa shape index (κ1) is 12.4. The molecule has 0 unspecified atom stereocenters. The van der Waals surface area contributed by atoms with Crippen molar-refractivity contribution in [2.75, 3.05) is 30.4 Å². The van der Waals surface area contributed by atoms with Gasteiger partial charge in [-0.2, -0.15) is 0 Å². The molecule has 0 saturated carbocycles. The van der Waals surface area contributed by atoms with E-state index in [9.17, 15) is 9.59 Å². The molecule has 0 spiro atoms. The minimum absolute atomic E-state index is 0.0440. The fraction of sp³-hybridized carbons (Fsp3) is 0.333. The Morgan fingerprint density at radius 2 is 2.33 bits per heavy atom. The van der Waals surface area contributed by atoms with Gasteiger partial charge in [0.25, 0.3) is 5.91 Å². The van der Waals surface area contributed by atoms with E-state index in [0.717, 1.165) is 0 Å². The number of hydrogen-bond acceptors (Lipinski definition) is 4. The number of benzene rings is 1. The van der Waals surface area contributed by atoms with Crippen LogP contribution in [0.1, 0.15) is 6.42 Å². The Labute approximate surface area is 105 Å².